The summed E-state index contributed by atoms with van der Waals surface area (Å²) in [5.41, 5.74) is 0.911. The highest BCUT2D eigenvalue weighted by Crippen LogP contribution is 2.16. The molecule has 1 aromatic carbocycles. The third kappa shape index (κ3) is 3.33. The summed E-state index contributed by atoms with van der Waals surface area (Å²) in [5, 5.41) is 0. The van der Waals surface area contributed by atoms with Gasteiger partial charge in [-0.05, 0) is 36.8 Å². The van der Waals surface area contributed by atoms with Crippen molar-refractivity contribution < 1.29 is 12.8 Å². The second-order valence-electron chi connectivity index (χ2n) is 3.94. The molecular weight excluding hydrogens is 269 g/mol. The molecule has 2 rings (SSSR count). The number of aryl methyl sites for hydroxylation is 1. The Hall–Kier alpha value is -1.86. The van der Waals surface area contributed by atoms with Gasteiger partial charge in [-0.15, -0.1) is 0 Å². The molecule has 0 amide bonds. The van der Waals surface area contributed by atoms with Crippen molar-refractivity contribution in [2.75, 3.05) is 0 Å². The molecule has 19 heavy (non-hydrogen) atoms. The topological polar surface area (TPSA) is 72.0 Å². The molecule has 5 nitrogen and oxygen atoms in total. The minimum atomic E-state index is -3.68. The van der Waals surface area contributed by atoms with Gasteiger partial charge < -0.3 is 0 Å². The predicted molar refractivity (Wildman–Crippen MR) is 67.2 cm³/mol. The van der Waals surface area contributed by atoms with Crippen LogP contribution in [0.1, 0.15) is 11.3 Å². The number of hydrogen-bond donors (Lipinski definition) is 1. The van der Waals surface area contributed by atoms with Crippen molar-refractivity contribution in [1.82, 2.24) is 14.7 Å². The van der Waals surface area contributed by atoms with Crippen molar-refractivity contribution in [2.45, 2.75) is 18.4 Å². The Kier molecular flexibility index (Phi) is 3.87. The smallest absolute Gasteiger partial charge is 0.241 e. The van der Waals surface area contributed by atoms with E-state index in [9.17, 15) is 12.8 Å². The van der Waals surface area contributed by atoms with E-state index in [1.165, 1.54) is 24.7 Å². The third-order valence-electron chi connectivity index (χ3n) is 2.51. The third-order valence-corrected chi connectivity index (χ3v) is 4.07. The lowest BCUT2D eigenvalue weighted by atomic mass is 10.2. The summed E-state index contributed by atoms with van der Waals surface area (Å²) in [6, 6.07) is 5.15. The average Bonchev–Trinajstić information content (AvgIpc) is 2.37. The van der Waals surface area contributed by atoms with E-state index in [0.29, 0.717) is 11.3 Å². The molecular formula is C12H12FN3O2S. The first kappa shape index (κ1) is 13.6. The molecule has 0 aliphatic heterocycles. The molecule has 0 saturated carbocycles. The second-order valence-corrected chi connectivity index (χ2v) is 5.67. The maximum atomic E-state index is 13.0. The Morgan fingerprint density at radius 1 is 1.32 bits per heavy atom. The highest BCUT2D eigenvalue weighted by Gasteiger charge is 2.16. The van der Waals surface area contributed by atoms with Crippen LogP contribution in [0.4, 0.5) is 4.39 Å². The van der Waals surface area contributed by atoms with Gasteiger partial charge in [0.15, 0.2) is 0 Å². The fraction of sp³-hybridized carbons (Fsp3) is 0.167. The van der Waals surface area contributed by atoms with Gasteiger partial charge in [0.2, 0.25) is 10.0 Å². The van der Waals surface area contributed by atoms with E-state index >= 15 is 0 Å². The number of halogens is 1. The van der Waals surface area contributed by atoms with E-state index in [-0.39, 0.29) is 11.4 Å². The van der Waals surface area contributed by atoms with Gasteiger partial charge in [-0.1, -0.05) is 0 Å². The van der Waals surface area contributed by atoms with Gasteiger partial charge in [0, 0.05) is 6.20 Å². The number of hydrogen-bond acceptors (Lipinski definition) is 4. The molecule has 1 N–H and O–H groups in total. The SMILES string of the molecule is Cc1cc(F)ccc1S(=O)(=O)NCc1ccncn1. The fourth-order valence-corrected chi connectivity index (χ4v) is 2.81. The Morgan fingerprint density at radius 2 is 2.11 bits per heavy atom. The van der Waals surface area contributed by atoms with Crippen LogP contribution < -0.4 is 4.72 Å². The molecule has 0 unspecified atom stereocenters. The van der Waals surface area contributed by atoms with Gasteiger partial charge in [0.1, 0.15) is 12.1 Å². The quantitative estimate of drug-likeness (QED) is 0.919. The first-order valence-corrected chi connectivity index (χ1v) is 6.98. The largest absolute Gasteiger partial charge is 0.245 e. The van der Waals surface area contributed by atoms with E-state index in [0.717, 1.165) is 6.07 Å². The molecule has 1 heterocycles. The molecule has 0 fully saturated rings. The zero-order valence-corrected chi connectivity index (χ0v) is 11.0. The number of rotatable bonds is 4. The molecule has 0 aliphatic rings. The average molecular weight is 281 g/mol. The highest BCUT2D eigenvalue weighted by atomic mass is 32.2. The first-order chi connectivity index (χ1) is 8.99. The van der Waals surface area contributed by atoms with Crippen LogP contribution in [-0.2, 0) is 16.6 Å². The number of aromatic nitrogens is 2. The van der Waals surface area contributed by atoms with Crippen LogP contribution in [0.15, 0.2) is 41.7 Å². The highest BCUT2D eigenvalue weighted by molar-refractivity contribution is 7.89. The Morgan fingerprint density at radius 3 is 2.74 bits per heavy atom. The summed E-state index contributed by atoms with van der Waals surface area (Å²) < 4.78 is 39.5. The van der Waals surface area contributed by atoms with Crippen molar-refractivity contribution in [1.29, 1.82) is 0 Å². The van der Waals surface area contributed by atoms with Gasteiger partial charge >= 0.3 is 0 Å². The molecule has 0 aliphatic carbocycles. The lowest BCUT2D eigenvalue weighted by molar-refractivity contribution is 0.578. The molecule has 0 bridgehead atoms. The summed E-state index contributed by atoms with van der Waals surface area (Å²) in [6.07, 6.45) is 2.87. The number of nitrogens with zero attached hydrogens (tertiary/aromatic N) is 2. The molecule has 2 aromatic rings. The van der Waals surface area contributed by atoms with E-state index < -0.39 is 15.8 Å². The summed E-state index contributed by atoms with van der Waals surface area (Å²) >= 11 is 0. The van der Waals surface area contributed by atoms with E-state index in [1.807, 2.05) is 0 Å². The molecule has 0 atom stereocenters. The Balaban J connectivity index is 2.19. The van der Waals surface area contributed by atoms with Crippen LogP contribution in [0.25, 0.3) is 0 Å². The molecule has 0 radical (unpaired) electrons. The molecule has 100 valence electrons. The number of sulfonamides is 1. The zero-order chi connectivity index (χ0) is 13.9. The van der Waals surface area contributed by atoms with Gasteiger partial charge in [-0.25, -0.2) is 27.5 Å². The Bertz CT molecular complexity index is 675. The monoisotopic (exact) mass is 281 g/mol. The zero-order valence-electron chi connectivity index (χ0n) is 10.2. The van der Waals surface area contributed by atoms with Crippen LogP contribution in [-0.4, -0.2) is 18.4 Å². The lowest BCUT2D eigenvalue weighted by Gasteiger charge is -2.08. The minimum Gasteiger partial charge on any atom is -0.245 e. The lowest BCUT2D eigenvalue weighted by Crippen LogP contribution is -2.24. The van der Waals surface area contributed by atoms with Crippen molar-refractivity contribution in [3.8, 4) is 0 Å². The maximum absolute atomic E-state index is 13.0. The van der Waals surface area contributed by atoms with Gasteiger partial charge in [-0.2, -0.15) is 0 Å². The van der Waals surface area contributed by atoms with Gasteiger partial charge in [0.25, 0.3) is 0 Å². The minimum absolute atomic E-state index is 0.0572. The van der Waals surface area contributed by atoms with E-state index in [4.69, 9.17) is 0 Å². The summed E-state index contributed by atoms with van der Waals surface area (Å²) in [4.78, 5) is 7.71. The van der Waals surface area contributed by atoms with Crippen molar-refractivity contribution >= 4 is 10.0 Å². The van der Waals surface area contributed by atoms with Gasteiger partial charge in [-0.3, -0.25) is 0 Å². The van der Waals surface area contributed by atoms with Crippen molar-refractivity contribution in [3.63, 3.8) is 0 Å². The molecule has 7 heteroatoms. The maximum Gasteiger partial charge on any atom is 0.241 e. The van der Waals surface area contributed by atoms with Crippen molar-refractivity contribution in [3.05, 3.63) is 53.9 Å². The number of nitrogens with one attached hydrogen (secondary N) is 1. The van der Waals surface area contributed by atoms with E-state index in [2.05, 4.69) is 14.7 Å². The fourth-order valence-electron chi connectivity index (χ4n) is 1.58. The first-order valence-electron chi connectivity index (χ1n) is 5.50. The number of benzene rings is 1. The normalized spacial score (nSPS) is 11.5. The molecule has 1 aromatic heterocycles. The summed E-state index contributed by atoms with van der Waals surface area (Å²) in [5.74, 6) is -0.466. The summed E-state index contributed by atoms with van der Waals surface area (Å²) in [7, 11) is -3.68. The standard InChI is InChI=1S/C12H12FN3O2S/c1-9-6-10(13)2-3-12(9)19(17,18)16-7-11-4-5-14-8-15-11/h2-6,8,16H,7H2,1H3. The summed E-state index contributed by atoms with van der Waals surface area (Å²) in [6.45, 7) is 1.60. The Labute approximate surface area is 110 Å². The van der Waals surface area contributed by atoms with Crippen LogP contribution >= 0.6 is 0 Å². The van der Waals surface area contributed by atoms with Crippen LogP contribution in [0.2, 0.25) is 0 Å². The van der Waals surface area contributed by atoms with E-state index in [1.54, 1.807) is 13.0 Å². The second kappa shape index (κ2) is 5.41. The van der Waals surface area contributed by atoms with Gasteiger partial charge in [0.05, 0.1) is 17.1 Å². The van der Waals surface area contributed by atoms with Crippen molar-refractivity contribution in [2.24, 2.45) is 0 Å². The van der Waals surface area contributed by atoms with Crippen LogP contribution in [0.5, 0.6) is 0 Å². The molecule has 0 spiro atoms. The predicted octanol–water partition coefficient (Wildman–Crippen LogP) is 1.40. The molecule has 0 saturated heterocycles. The van der Waals surface area contributed by atoms with Crippen LogP contribution in [0.3, 0.4) is 0 Å². The van der Waals surface area contributed by atoms with Crippen LogP contribution in [0, 0.1) is 12.7 Å².